The molecule has 5 heteroatoms. The fourth-order valence-electron chi connectivity index (χ4n) is 3.57. The van der Waals surface area contributed by atoms with Gasteiger partial charge in [0.2, 0.25) is 0 Å². The molecule has 0 aliphatic heterocycles. The Kier molecular flexibility index (Phi) is 7.74. The highest BCUT2D eigenvalue weighted by Gasteiger charge is 2.66. The van der Waals surface area contributed by atoms with Crippen molar-refractivity contribution in [2.75, 3.05) is 19.8 Å². The molecular weight excluding hydrogens is 407 g/mol. The minimum absolute atomic E-state index is 0.101. The minimum Gasteiger partial charge on any atom is -0.416 e. The summed E-state index contributed by atoms with van der Waals surface area (Å²) in [6, 6.07) is 20.0. The Morgan fingerprint density at radius 3 is 1.71 bits per heavy atom. The van der Waals surface area contributed by atoms with Gasteiger partial charge in [-0.2, -0.15) is 0 Å². The van der Waals surface area contributed by atoms with Crippen molar-refractivity contribution in [1.82, 2.24) is 0 Å². The van der Waals surface area contributed by atoms with E-state index >= 15 is 4.39 Å². The van der Waals surface area contributed by atoms with Crippen LogP contribution in [0.3, 0.4) is 0 Å². The van der Waals surface area contributed by atoms with Gasteiger partial charge in [-0.1, -0.05) is 81.4 Å². The topological polar surface area (TPSA) is 27.7 Å². The van der Waals surface area contributed by atoms with Gasteiger partial charge in [-0.3, -0.25) is 0 Å². The Bertz CT molecular complexity index is 759. The second-order valence-corrected chi connectivity index (χ2v) is 15.1. The summed E-state index contributed by atoms with van der Waals surface area (Å²) in [7, 11) is -1.94. The zero-order valence-corrected chi connectivity index (χ0v) is 20.6. The third-order valence-electron chi connectivity index (χ3n) is 6.93. The fourth-order valence-corrected chi connectivity index (χ4v) is 4.60. The molecule has 1 aliphatic carbocycles. The maximum atomic E-state index is 15.2. The zero-order valence-electron chi connectivity index (χ0n) is 19.6. The zero-order chi connectivity index (χ0) is 22.5. The van der Waals surface area contributed by atoms with E-state index in [1.54, 1.807) is 0 Å². The quantitative estimate of drug-likeness (QED) is 0.376. The molecule has 0 amide bonds. The molecule has 31 heavy (non-hydrogen) atoms. The van der Waals surface area contributed by atoms with Crippen LogP contribution in [0.2, 0.25) is 18.1 Å². The van der Waals surface area contributed by atoms with E-state index in [2.05, 4.69) is 33.9 Å². The van der Waals surface area contributed by atoms with Crippen molar-refractivity contribution in [2.45, 2.75) is 58.3 Å². The molecule has 0 spiro atoms. The van der Waals surface area contributed by atoms with Gasteiger partial charge in [0.25, 0.3) is 0 Å². The van der Waals surface area contributed by atoms with E-state index < -0.39 is 19.9 Å². The van der Waals surface area contributed by atoms with E-state index in [1.165, 1.54) is 0 Å². The predicted molar refractivity (Wildman–Crippen MR) is 126 cm³/mol. The molecular formula is C26H37FO3Si. The van der Waals surface area contributed by atoms with E-state index in [4.69, 9.17) is 13.9 Å². The molecule has 2 aromatic rings. The molecule has 0 heterocycles. The summed E-state index contributed by atoms with van der Waals surface area (Å²) in [5, 5.41) is 0.101. The average Bonchev–Trinajstić information content (AvgIpc) is 3.29. The van der Waals surface area contributed by atoms with Gasteiger partial charge in [0.15, 0.2) is 8.32 Å². The second-order valence-electron chi connectivity index (χ2n) is 10.3. The molecule has 1 aliphatic rings. The van der Waals surface area contributed by atoms with Crippen LogP contribution in [0.15, 0.2) is 60.7 Å². The lowest BCUT2D eigenvalue weighted by Gasteiger charge is -2.36. The Morgan fingerprint density at radius 2 is 1.29 bits per heavy atom. The van der Waals surface area contributed by atoms with E-state index in [0.717, 1.165) is 11.1 Å². The lowest BCUT2D eigenvalue weighted by atomic mass is 10.1. The molecule has 2 aromatic carbocycles. The first-order chi connectivity index (χ1) is 14.7. The van der Waals surface area contributed by atoms with Crippen LogP contribution in [-0.4, -0.2) is 34.3 Å². The van der Waals surface area contributed by atoms with Crippen molar-refractivity contribution < 1.29 is 18.3 Å². The van der Waals surface area contributed by atoms with Crippen LogP contribution < -0.4 is 0 Å². The summed E-state index contributed by atoms with van der Waals surface area (Å²) in [5.74, 6) is -0.187. The molecule has 0 saturated heterocycles. The average molecular weight is 445 g/mol. The molecule has 1 saturated carbocycles. The monoisotopic (exact) mass is 444 g/mol. The number of halogens is 1. The van der Waals surface area contributed by atoms with Gasteiger partial charge >= 0.3 is 0 Å². The first-order valence-corrected chi connectivity index (χ1v) is 14.1. The van der Waals surface area contributed by atoms with Crippen molar-refractivity contribution in [3.8, 4) is 0 Å². The normalized spacial score (nSPS) is 20.6. The predicted octanol–water partition coefficient (Wildman–Crippen LogP) is 6.40. The van der Waals surface area contributed by atoms with Gasteiger partial charge in [0.05, 0.1) is 31.8 Å². The molecule has 3 nitrogen and oxygen atoms in total. The van der Waals surface area contributed by atoms with Gasteiger partial charge < -0.3 is 13.9 Å². The Labute approximate surface area is 188 Å². The molecule has 2 atom stereocenters. The van der Waals surface area contributed by atoms with Crippen LogP contribution in [0.25, 0.3) is 0 Å². The maximum absolute atomic E-state index is 15.2. The summed E-state index contributed by atoms with van der Waals surface area (Å²) in [6.07, 6.45) is -0.969. The molecule has 2 unspecified atom stereocenters. The van der Waals surface area contributed by atoms with Crippen molar-refractivity contribution in [2.24, 2.45) is 11.3 Å². The molecule has 1 fully saturated rings. The number of hydrogen-bond donors (Lipinski definition) is 0. The van der Waals surface area contributed by atoms with Crippen LogP contribution >= 0.6 is 0 Å². The number of hydrogen-bond acceptors (Lipinski definition) is 3. The van der Waals surface area contributed by atoms with Crippen molar-refractivity contribution in [3.05, 3.63) is 71.8 Å². The highest BCUT2D eigenvalue weighted by atomic mass is 28.4. The Balaban J connectivity index is 1.61. The lowest BCUT2D eigenvalue weighted by Crippen LogP contribution is -2.41. The third-order valence-corrected chi connectivity index (χ3v) is 11.4. The smallest absolute Gasteiger partial charge is 0.191 e. The maximum Gasteiger partial charge on any atom is 0.191 e. The summed E-state index contributed by atoms with van der Waals surface area (Å²) in [5.41, 5.74) is 1.55. The van der Waals surface area contributed by atoms with Gasteiger partial charge in [-0.25, -0.2) is 4.39 Å². The van der Waals surface area contributed by atoms with Gasteiger partial charge in [-0.15, -0.1) is 0 Å². The van der Waals surface area contributed by atoms with Crippen molar-refractivity contribution >= 4 is 8.32 Å². The molecule has 0 N–H and O–H groups in total. The van der Waals surface area contributed by atoms with Gasteiger partial charge in [0, 0.05) is 12.5 Å². The molecule has 0 bridgehead atoms. The van der Waals surface area contributed by atoms with Crippen molar-refractivity contribution in [3.63, 3.8) is 0 Å². The second kappa shape index (κ2) is 9.95. The van der Waals surface area contributed by atoms with E-state index in [-0.39, 0.29) is 11.0 Å². The molecule has 0 radical (unpaired) electrons. The largest absolute Gasteiger partial charge is 0.416 e. The number of ether oxygens (including phenoxy) is 2. The molecule has 0 aromatic heterocycles. The summed E-state index contributed by atoms with van der Waals surface area (Å²) in [6.45, 7) is 13.1. The van der Waals surface area contributed by atoms with Crippen LogP contribution in [-0.2, 0) is 27.1 Å². The van der Waals surface area contributed by atoms with Crippen LogP contribution in [0.1, 0.15) is 31.9 Å². The first-order valence-electron chi connectivity index (χ1n) is 11.2. The SMILES string of the molecule is CC(C)(C)[Si](C)(C)OCC1C(F)C1(COCc1ccccc1)COCc1ccccc1. The van der Waals surface area contributed by atoms with Crippen LogP contribution in [0, 0.1) is 11.3 Å². The fraction of sp³-hybridized carbons (Fsp3) is 0.538. The van der Waals surface area contributed by atoms with E-state index in [1.807, 2.05) is 60.7 Å². The van der Waals surface area contributed by atoms with Crippen LogP contribution in [0.4, 0.5) is 4.39 Å². The number of benzene rings is 2. The highest BCUT2D eigenvalue weighted by molar-refractivity contribution is 6.74. The standard InChI is InChI=1S/C26H37FO3Si/c1-25(2,3)31(4,5)30-18-23-24(27)26(23,19-28-16-21-12-8-6-9-13-21)20-29-17-22-14-10-7-11-15-22/h6-15,23-24H,16-20H2,1-5H3. The van der Waals surface area contributed by atoms with Gasteiger partial charge in [-0.05, 0) is 29.3 Å². The summed E-state index contributed by atoms with van der Waals surface area (Å²) >= 11 is 0. The highest BCUT2D eigenvalue weighted by Crippen LogP contribution is 2.56. The van der Waals surface area contributed by atoms with Crippen molar-refractivity contribution in [1.29, 1.82) is 0 Å². The van der Waals surface area contributed by atoms with Crippen LogP contribution in [0.5, 0.6) is 0 Å². The number of alkyl halides is 1. The summed E-state index contributed by atoms with van der Waals surface area (Å²) < 4.78 is 33.5. The van der Waals surface area contributed by atoms with E-state index in [0.29, 0.717) is 33.0 Å². The molecule has 170 valence electrons. The molecule has 3 rings (SSSR count). The Morgan fingerprint density at radius 1 is 0.839 bits per heavy atom. The lowest BCUT2D eigenvalue weighted by molar-refractivity contribution is -0.00179. The third kappa shape index (κ3) is 6.04. The minimum atomic E-state index is -1.94. The van der Waals surface area contributed by atoms with E-state index in [9.17, 15) is 0 Å². The Hall–Kier alpha value is -1.53. The first kappa shape index (κ1) is 24.1. The van der Waals surface area contributed by atoms with Gasteiger partial charge in [0.1, 0.15) is 6.17 Å². The number of rotatable bonds is 11. The summed E-state index contributed by atoms with van der Waals surface area (Å²) in [4.78, 5) is 0.